The molecule has 2 N–H and O–H groups in total. The number of rotatable bonds is 8. The highest BCUT2D eigenvalue weighted by molar-refractivity contribution is 4.88. The van der Waals surface area contributed by atoms with Gasteiger partial charge in [-0.25, -0.2) is 0 Å². The van der Waals surface area contributed by atoms with E-state index in [0.717, 1.165) is 12.8 Å². The molecule has 1 aliphatic heterocycles. The third-order valence-corrected chi connectivity index (χ3v) is 4.01. The average molecular weight is 304 g/mol. The Morgan fingerprint density at radius 1 is 1.24 bits per heavy atom. The minimum Gasteiger partial charge on any atom is -0.394 e. The Bertz CT molecular complexity index is 316. The average Bonchev–Trinajstić information content (AvgIpc) is 2.70. The molecular formula is C16H32O5. The normalized spacial score (nSPS) is 28.6. The Hall–Kier alpha value is -0.200. The summed E-state index contributed by atoms with van der Waals surface area (Å²) in [5.74, 6) is -0.796. The van der Waals surface area contributed by atoms with Crippen LogP contribution in [0.2, 0.25) is 0 Å². The van der Waals surface area contributed by atoms with Gasteiger partial charge in [0.2, 0.25) is 0 Å². The van der Waals surface area contributed by atoms with Crippen molar-refractivity contribution in [2.75, 3.05) is 13.2 Å². The van der Waals surface area contributed by atoms with Crippen LogP contribution < -0.4 is 0 Å². The van der Waals surface area contributed by atoms with Gasteiger partial charge in [0.15, 0.2) is 5.79 Å². The molecule has 0 aromatic carbocycles. The Morgan fingerprint density at radius 3 is 2.33 bits per heavy atom. The van der Waals surface area contributed by atoms with Gasteiger partial charge in [-0.15, -0.1) is 0 Å². The van der Waals surface area contributed by atoms with Crippen LogP contribution in [0.25, 0.3) is 0 Å². The van der Waals surface area contributed by atoms with Crippen molar-refractivity contribution in [2.24, 2.45) is 5.92 Å². The van der Waals surface area contributed by atoms with Gasteiger partial charge in [0.1, 0.15) is 6.10 Å². The zero-order valence-electron chi connectivity index (χ0n) is 14.3. The summed E-state index contributed by atoms with van der Waals surface area (Å²) in [6, 6.07) is 0. The second-order valence-electron chi connectivity index (χ2n) is 7.03. The Balaban J connectivity index is 2.76. The van der Waals surface area contributed by atoms with Crippen molar-refractivity contribution < 1.29 is 24.4 Å². The molecule has 5 heteroatoms. The molecule has 21 heavy (non-hydrogen) atoms. The molecule has 1 heterocycles. The van der Waals surface area contributed by atoms with Gasteiger partial charge in [0, 0.05) is 5.92 Å². The third-order valence-electron chi connectivity index (χ3n) is 4.01. The monoisotopic (exact) mass is 304 g/mol. The molecule has 126 valence electrons. The van der Waals surface area contributed by atoms with Gasteiger partial charge in [-0.2, -0.15) is 0 Å². The van der Waals surface area contributed by atoms with E-state index in [1.807, 2.05) is 34.6 Å². The standard InChI is InChI=1S/C16H32O5/c1-7-8-15(3,4)19-12(9-17)11(2)14-13(10-18)20-16(5,6)21-14/h11-14,17-18H,7-10H2,1-6H3. The van der Waals surface area contributed by atoms with Gasteiger partial charge in [0.05, 0.1) is 31.0 Å². The summed E-state index contributed by atoms with van der Waals surface area (Å²) in [6.07, 6.45) is 0.923. The second kappa shape index (κ2) is 7.38. The summed E-state index contributed by atoms with van der Waals surface area (Å²) in [6.45, 7) is 11.6. The van der Waals surface area contributed by atoms with Gasteiger partial charge in [-0.1, -0.05) is 20.3 Å². The van der Waals surface area contributed by atoms with Gasteiger partial charge in [-0.3, -0.25) is 0 Å². The van der Waals surface area contributed by atoms with Crippen LogP contribution in [0, 0.1) is 5.92 Å². The Kier molecular flexibility index (Phi) is 6.62. The number of hydrogen-bond donors (Lipinski definition) is 2. The van der Waals surface area contributed by atoms with Gasteiger partial charge >= 0.3 is 0 Å². The lowest BCUT2D eigenvalue weighted by atomic mass is 9.93. The van der Waals surface area contributed by atoms with Crippen molar-refractivity contribution in [3.8, 4) is 0 Å². The smallest absolute Gasteiger partial charge is 0.163 e. The molecule has 5 nitrogen and oxygen atoms in total. The van der Waals surface area contributed by atoms with E-state index in [1.54, 1.807) is 0 Å². The lowest BCUT2D eigenvalue weighted by molar-refractivity contribution is -0.168. The van der Waals surface area contributed by atoms with Crippen molar-refractivity contribution in [1.29, 1.82) is 0 Å². The van der Waals surface area contributed by atoms with E-state index in [9.17, 15) is 10.2 Å². The summed E-state index contributed by atoms with van der Waals surface area (Å²) < 4.78 is 17.7. The maximum atomic E-state index is 9.69. The second-order valence-corrected chi connectivity index (χ2v) is 7.03. The van der Waals surface area contributed by atoms with E-state index in [1.165, 1.54) is 0 Å². The van der Waals surface area contributed by atoms with Crippen molar-refractivity contribution in [3.63, 3.8) is 0 Å². The minimum absolute atomic E-state index is 0.0766. The van der Waals surface area contributed by atoms with Gasteiger partial charge in [-0.05, 0) is 34.1 Å². The van der Waals surface area contributed by atoms with Crippen molar-refractivity contribution in [2.45, 2.75) is 84.1 Å². The summed E-state index contributed by atoms with van der Waals surface area (Å²) in [4.78, 5) is 0. The van der Waals surface area contributed by atoms with Crippen LogP contribution in [0.15, 0.2) is 0 Å². The maximum Gasteiger partial charge on any atom is 0.163 e. The fourth-order valence-electron chi connectivity index (χ4n) is 3.04. The number of ether oxygens (including phenoxy) is 3. The zero-order valence-corrected chi connectivity index (χ0v) is 14.3. The Morgan fingerprint density at radius 2 is 1.86 bits per heavy atom. The molecule has 0 aromatic heterocycles. The van der Waals surface area contributed by atoms with E-state index < -0.39 is 5.79 Å². The Labute approximate surface area is 128 Å². The largest absolute Gasteiger partial charge is 0.394 e. The molecule has 1 fully saturated rings. The first kappa shape index (κ1) is 18.8. The van der Waals surface area contributed by atoms with Crippen molar-refractivity contribution in [3.05, 3.63) is 0 Å². The zero-order chi connectivity index (χ0) is 16.3. The molecule has 4 atom stereocenters. The van der Waals surface area contributed by atoms with Crippen molar-refractivity contribution >= 4 is 0 Å². The van der Waals surface area contributed by atoms with Crippen LogP contribution in [0.3, 0.4) is 0 Å². The SMILES string of the molecule is CCCC(C)(C)OC(CO)C(C)C1OC(C)(C)OC1CO. The quantitative estimate of drug-likeness (QED) is 0.719. The highest BCUT2D eigenvalue weighted by Crippen LogP contribution is 2.35. The van der Waals surface area contributed by atoms with Gasteiger partial charge < -0.3 is 24.4 Å². The molecule has 0 radical (unpaired) electrons. The highest BCUT2D eigenvalue weighted by Gasteiger charge is 2.46. The summed E-state index contributed by atoms with van der Waals surface area (Å²) >= 11 is 0. The minimum atomic E-state index is -0.717. The van der Waals surface area contributed by atoms with Gasteiger partial charge in [0.25, 0.3) is 0 Å². The van der Waals surface area contributed by atoms with E-state index in [-0.39, 0.29) is 43.0 Å². The maximum absolute atomic E-state index is 9.69. The topological polar surface area (TPSA) is 68.2 Å². The molecule has 0 saturated carbocycles. The fourth-order valence-corrected chi connectivity index (χ4v) is 3.04. The molecular weight excluding hydrogens is 272 g/mol. The highest BCUT2D eigenvalue weighted by atomic mass is 16.8. The molecule has 1 rings (SSSR count). The number of aliphatic hydroxyl groups excluding tert-OH is 2. The number of aliphatic hydroxyl groups is 2. The van der Waals surface area contributed by atoms with Crippen molar-refractivity contribution in [1.82, 2.24) is 0 Å². The molecule has 4 unspecified atom stereocenters. The number of hydrogen-bond acceptors (Lipinski definition) is 5. The fraction of sp³-hybridized carbons (Fsp3) is 1.00. The van der Waals surface area contributed by atoms with E-state index in [0.29, 0.717) is 0 Å². The van der Waals surface area contributed by atoms with Crippen LogP contribution in [0.4, 0.5) is 0 Å². The van der Waals surface area contributed by atoms with Crippen LogP contribution in [0.5, 0.6) is 0 Å². The molecule has 0 aliphatic carbocycles. The molecule has 1 aliphatic rings. The lowest BCUT2D eigenvalue weighted by Gasteiger charge is -2.35. The van der Waals surface area contributed by atoms with E-state index in [4.69, 9.17) is 14.2 Å². The van der Waals surface area contributed by atoms with Crippen LogP contribution in [-0.2, 0) is 14.2 Å². The molecule has 0 bridgehead atoms. The first-order chi connectivity index (χ1) is 9.65. The summed E-state index contributed by atoms with van der Waals surface area (Å²) in [7, 11) is 0. The molecule has 0 amide bonds. The van der Waals surface area contributed by atoms with Crippen LogP contribution in [-0.4, -0.2) is 53.1 Å². The summed E-state index contributed by atoms with van der Waals surface area (Å²) in [5, 5.41) is 19.2. The molecule has 1 saturated heterocycles. The lowest BCUT2D eigenvalue weighted by Crippen LogP contribution is -2.44. The molecule has 0 spiro atoms. The first-order valence-electron chi connectivity index (χ1n) is 7.91. The van der Waals surface area contributed by atoms with E-state index in [2.05, 4.69) is 6.92 Å². The molecule has 0 aromatic rings. The third kappa shape index (κ3) is 5.18. The summed E-state index contributed by atoms with van der Waals surface area (Å²) in [5.41, 5.74) is -0.292. The van der Waals surface area contributed by atoms with E-state index >= 15 is 0 Å². The first-order valence-corrected chi connectivity index (χ1v) is 7.91. The van der Waals surface area contributed by atoms with Crippen LogP contribution >= 0.6 is 0 Å². The predicted molar refractivity (Wildman–Crippen MR) is 81.0 cm³/mol. The predicted octanol–water partition coefficient (Wildman–Crippen LogP) is 2.09. The van der Waals surface area contributed by atoms with Crippen LogP contribution in [0.1, 0.15) is 54.4 Å².